The molecule has 0 fully saturated rings. The first-order valence-electron chi connectivity index (χ1n) is 7.00. The van der Waals surface area contributed by atoms with Gasteiger partial charge in [0.1, 0.15) is 12.1 Å². The highest BCUT2D eigenvalue weighted by molar-refractivity contribution is 6.34. The van der Waals surface area contributed by atoms with Crippen LogP contribution in [0.15, 0.2) is 42.7 Å². The first-order chi connectivity index (χ1) is 10.5. The van der Waals surface area contributed by atoms with Crippen LogP contribution in [-0.4, -0.2) is 24.1 Å². The molecule has 5 heteroatoms. The second-order valence-corrected chi connectivity index (χ2v) is 5.84. The zero-order valence-corrected chi connectivity index (χ0v) is 13.5. The molecule has 0 amide bonds. The normalized spacial score (nSPS) is 10.7. The van der Waals surface area contributed by atoms with Crippen LogP contribution in [0, 0.1) is 6.92 Å². The van der Waals surface area contributed by atoms with Crippen LogP contribution < -0.4 is 10.2 Å². The molecule has 2 aromatic carbocycles. The van der Waals surface area contributed by atoms with Crippen molar-refractivity contribution in [3.8, 4) is 0 Å². The van der Waals surface area contributed by atoms with Crippen molar-refractivity contribution in [3.05, 3.63) is 53.3 Å². The van der Waals surface area contributed by atoms with Crippen molar-refractivity contribution in [2.24, 2.45) is 0 Å². The third kappa shape index (κ3) is 2.83. The quantitative estimate of drug-likeness (QED) is 0.778. The SMILES string of the molecule is Cc1cccc(Nc2ncnc3cc(Cl)c(N(C)C)cc23)c1. The van der Waals surface area contributed by atoms with Crippen molar-refractivity contribution in [3.63, 3.8) is 0 Å². The van der Waals surface area contributed by atoms with Gasteiger partial charge in [0.2, 0.25) is 0 Å². The van der Waals surface area contributed by atoms with Crippen LogP contribution in [-0.2, 0) is 0 Å². The minimum absolute atomic E-state index is 0.678. The number of halogens is 1. The highest BCUT2D eigenvalue weighted by Crippen LogP contribution is 2.32. The van der Waals surface area contributed by atoms with E-state index >= 15 is 0 Å². The van der Waals surface area contributed by atoms with E-state index in [-0.39, 0.29) is 0 Å². The lowest BCUT2D eigenvalue weighted by atomic mass is 10.2. The maximum Gasteiger partial charge on any atom is 0.141 e. The average molecular weight is 313 g/mol. The van der Waals surface area contributed by atoms with Gasteiger partial charge in [0.25, 0.3) is 0 Å². The fourth-order valence-electron chi connectivity index (χ4n) is 2.37. The second kappa shape index (κ2) is 5.81. The molecule has 4 nitrogen and oxygen atoms in total. The van der Waals surface area contributed by atoms with E-state index in [4.69, 9.17) is 11.6 Å². The summed E-state index contributed by atoms with van der Waals surface area (Å²) in [6.07, 6.45) is 1.55. The van der Waals surface area contributed by atoms with Crippen molar-refractivity contribution in [2.45, 2.75) is 6.92 Å². The number of aromatic nitrogens is 2. The molecule has 1 aromatic heterocycles. The number of rotatable bonds is 3. The monoisotopic (exact) mass is 312 g/mol. The van der Waals surface area contributed by atoms with Gasteiger partial charge in [-0.05, 0) is 36.8 Å². The van der Waals surface area contributed by atoms with E-state index in [1.807, 2.05) is 43.3 Å². The van der Waals surface area contributed by atoms with Gasteiger partial charge in [-0.2, -0.15) is 0 Å². The number of nitrogens with one attached hydrogen (secondary N) is 1. The molecule has 3 aromatic rings. The third-order valence-corrected chi connectivity index (χ3v) is 3.77. The molecule has 1 heterocycles. The van der Waals surface area contributed by atoms with Crippen molar-refractivity contribution in [1.82, 2.24) is 9.97 Å². The van der Waals surface area contributed by atoms with Gasteiger partial charge in [-0.1, -0.05) is 23.7 Å². The highest BCUT2D eigenvalue weighted by atomic mass is 35.5. The molecule has 0 unspecified atom stereocenters. The van der Waals surface area contributed by atoms with Crippen LogP contribution in [0.25, 0.3) is 10.9 Å². The number of fused-ring (bicyclic) bond motifs is 1. The lowest BCUT2D eigenvalue weighted by Crippen LogP contribution is -2.09. The van der Waals surface area contributed by atoms with E-state index in [1.165, 1.54) is 5.56 Å². The predicted octanol–water partition coefficient (Wildman–Crippen LogP) is 4.40. The van der Waals surface area contributed by atoms with Gasteiger partial charge >= 0.3 is 0 Å². The minimum atomic E-state index is 0.678. The zero-order chi connectivity index (χ0) is 15.7. The van der Waals surface area contributed by atoms with Crippen LogP contribution in [0.4, 0.5) is 17.2 Å². The van der Waals surface area contributed by atoms with Crippen LogP contribution >= 0.6 is 11.6 Å². The van der Waals surface area contributed by atoms with Gasteiger partial charge in [0.15, 0.2) is 0 Å². The van der Waals surface area contributed by atoms with Gasteiger partial charge in [-0.3, -0.25) is 0 Å². The van der Waals surface area contributed by atoms with E-state index in [0.29, 0.717) is 5.02 Å². The molecular weight excluding hydrogens is 296 g/mol. The smallest absolute Gasteiger partial charge is 0.141 e. The molecule has 0 saturated carbocycles. The number of hydrogen-bond donors (Lipinski definition) is 1. The Hall–Kier alpha value is -2.33. The van der Waals surface area contributed by atoms with Crippen molar-refractivity contribution in [1.29, 1.82) is 0 Å². The summed E-state index contributed by atoms with van der Waals surface area (Å²) in [5.74, 6) is 0.773. The average Bonchev–Trinajstić information content (AvgIpc) is 2.46. The molecule has 0 aliphatic carbocycles. The summed E-state index contributed by atoms with van der Waals surface area (Å²) < 4.78 is 0. The summed E-state index contributed by atoms with van der Waals surface area (Å²) in [5.41, 5.74) is 3.96. The number of aryl methyl sites for hydroxylation is 1. The second-order valence-electron chi connectivity index (χ2n) is 5.43. The number of nitrogens with zero attached hydrogens (tertiary/aromatic N) is 3. The van der Waals surface area contributed by atoms with Crippen LogP contribution in [0.5, 0.6) is 0 Å². The molecule has 112 valence electrons. The van der Waals surface area contributed by atoms with Gasteiger partial charge in [-0.25, -0.2) is 9.97 Å². The fraction of sp³-hybridized carbons (Fsp3) is 0.176. The van der Waals surface area contributed by atoms with Gasteiger partial charge in [0, 0.05) is 25.2 Å². The molecule has 22 heavy (non-hydrogen) atoms. The Morgan fingerprint density at radius 1 is 1.09 bits per heavy atom. The van der Waals surface area contributed by atoms with E-state index in [0.717, 1.165) is 28.1 Å². The Morgan fingerprint density at radius 2 is 1.91 bits per heavy atom. The molecule has 0 aliphatic heterocycles. The molecule has 0 atom stereocenters. The molecule has 0 radical (unpaired) electrons. The Bertz CT molecular complexity index is 830. The maximum absolute atomic E-state index is 6.31. The predicted molar refractivity (Wildman–Crippen MR) is 93.3 cm³/mol. The van der Waals surface area contributed by atoms with E-state index in [1.54, 1.807) is 6.33 Å². The van der Waals surface area contributed by atoms with Gasteiger partial charge in [0.05, 0.1) is 16.2 Å². The Labute approximate surface area is 134 Å². The maximum atomic E-state index is 6.31. The van der Waals surface area contributed by atoms with Crippen molar-refractivity contribution >= 4 is 39.7 Å². The van der Waals surface area contributed by atoms with E-state index in [9.17, 15) is 0 Å². The molecular formula is C17H17ClN4. The summed E-state index contributed by atoms with van der Waals surface area (Å²) in [4.78, 5) is 10.7. The first-order valence-corrected chi connectivity index (χ1v) is 7.37. The molecule has 0 aliphatic rings. The van der Waals surface area contributed by atoms with E-state index < -0.39 is 0 Å². The Balaban J connectivity index is 2.11. The minimum Gasteiger partial charge on any atom is -0.376 e. The summed E-state index contributed by atoms with van der Waals surface area (Å²) >= 11 is 6.31. The fourth-order valence-corrected chi connectivity index (χ4v) is 2.69. The molecule has 0 spiro atoms. The van der Waals surface area contributed by atoms with Crippen LogP contribution in [0.1, 0.15) is 5.56 Å². The lowest BCUT2D eigenvalue weighted by molar-refractivity contribution is 1.13. The molecule has 0 saturated heterocycles. The number of benzene rings is 2. The van der Waals surface area contributed by atoms with Gasteiger partial charge < -0.3 is 10.2 Å². The van der Waals surface area contributed by atoms with Crippen LogP contribution in [0.2, 0.25) is 5.02 Å². The highest BCUT2D eigenvalue weighted by Gasteiger charge is 2.10. The summed E-state index contributed by atoms with van der Waals surface area (Å²) in [7, 11) is 3.93. The largest absolute Gasteiger partial charge is 0.376 e. The first kappa shape index (κ1) is 14.6. The molecule has 0 bridgehead atoms. The van der Waals surface area contributed by atoms with Crippen molar-refractivity contribution in [2.75, 3.05) is 24.3 Å². The Morgan fingerprint density at radius 3 is 2.64 bits per heavy atom. The topological polar surface area (TPSA) is 41.1 Å². The third-order valence-electron chi connectivity index (χ3n) is 3.47. The Kier molecular flexibility index (Phi) is 3.86. The number of hydrogen-bond acceptors (Lipinski definition) is 4. The van der Waals surface area contributed by atoms with Crippen molar-refractivity contribution < 1.29 is 0 Å². The van der Waals surface area contributed by atoms with Crippen LogP contribution in [0.3, 0.4) is 0 Å². The summed E-state index contributed by atoms with van der Waals surface area (Å²) in [5, 5.41) is 4.98. The molecule has 3 rings (SSSR count). The van der Waals surface area contributed by atoms with E-state index in [2.05, 4.69) is 34.3 Å². The lowest BCUT2D eigenvalue weighted by Gasteiger charge is -2.16. The van der Waals surface area contributed by atoms with Gasteiger partial charge in [-0.15, -0.1) is 0 Å². The number of anilines is 3. The summed E-state index contributed by atoms with van der Waals surface area (Å²) in [6, 6.07) is 12.1. The zero-order valence-electron chi connectivity index (χ0n) is 12.8. The standard InChI is InChI=1S/C17H17ClN4/c1-11-5-4-6-12(7-11)21-17-13-8-16(22(2)3)14(18)9-15(13)19-10-20-17/h4-10H,1-3H3,(H,19,20,21). The molecule has 1 N–H and O–H groups in total. The summed E-state index contributed by atoms with van der Waals surface area (Å²) in [6.45, 7) is 2.06.